The van der Waals surface area contributed by atoms with Gasteiger partial charge in [-0.2, -0.15) is 0 Å². The first-order valence-electron chi connectivity index (χ1n) is 9.07. The second kappa shape index (κ2) is 11.7. The summed E-state index contributed by atoms with van der Waals surface area (Å²) in [5, 5.41) is 0. The summed E-state index contributed by atoms with van der Waals surface area (Å²) in [4.78, 5) is 24.6. The molecule has 1 unspecified atom stereocenters. The number of carbonyl (C=O) groups excluding carboxylic acids is 2. The predicted molar refractivity (Wildman–Crippen MR) is 95.3 cm³/mol. The minimum atomic E-state index is -0.461. The van der Waals surface area contributed by atoms with Crippen LogP contribution in [0.5, 0.6) is 0 Å². The molecule has 0 bridgehead atoms. The molecule has 1 aromatic carbocycles. The maximum Gasteiger partial charge on any atom is 0.339 e. The van der Waals surface area contributed by atoms with Crippen molar-refractivity contribution >= 4 is 11.9 Å². The molecule has 0 aliphatic carbocycles. The van der Waals surface area contributed by atoms with E-state index in [0.29, 0.717) is 6.61 Å². The van der Waals surface area contributed by atoms with Gasteiger partial charge in [0.05, 0.1) is 23.8 Å². The molecule has 134 valence electrons. The van der Waals surface area contributed by atoms with Gasteiger partial charge in [-0.15, -0.1) is 0 Å². The minimum Gasteiger partial charge on any atom is -0.462 e. The summed E-state index contributed by atoms with van der Waals surface area (Å²) in [6.45, 7) is 6.50. The molecule has 24 heavy (non-hydrogen) atoms. The minimum absolute atomic E-state index is 0.155. The lowest BCUT2D eigenvalue weighted by atomic mass is 10.1. The van der Waals surface area contributed by atoms with Crippen molar-refractivity contribution in [3.05, 3.63) is 35.4 Å². The third-order valence-electron chi connectivity index (χ3n) is 3.87. The zero-order valence-corrected chi connectivity index (χ0v) is 15.2. The number of hydrogen-bond donors (Lipinski definition) is 0. The second-order valence-electron chi connectivity index (χ2n) is 6.10. The quantitative estimate of drug-likeness (QED) is 0.414. The molecule has 0 amide bonds. The molecule has 1 atom stereocenters. The molecule has 1 aromatic rings. The van der Waals surface area contributed by atoms with Gasteiger partial charge < -0.3 is 9.47 Å². The summed E-state index contributed by atoms with van der Waals surface area (Å²) in [6.07, 6.45) is 6.90. The largest absolute Gasteiger partial charge is 0.462 e. The molecule has 1 rings (SSSR count). The van der Waals surface area contributed by atoms with E-state index >= 15 is 0 Å². The number of unbranched alkanes of at least 4 members (excludes halogenated alkanes) is 4. The molecule has 0 aromatic heterocycles. The molecular formula is C20H30O4. The van der Waals surface area contributed by atoms with Crippen LogP contribution in [0, 0.1) is 0 Å². The number of rotatable bonds is 11. The fourth-order valence-electron chi connectivity index (χ4n) is 2.42. The molecule has 0 aliphatic rings. The van der Waals surface area contributed by atoms with Gasteiger partial charge in [0.25, 0.3) is 0 Å². The lowest BCUT2D eigenvalue weighted by Gasteiger charge is -2.14. The van der Waals surface area contributed by atoms with Gasteiger partial charge >= 0.3 is 11.9 Å². The van der Waals surface area contributed by atoms with Crippen molar-refractivity contribution in [3.63, 3.8) is 0 Å². The van der Waals surface area contributed by atoms with Crippen LogP contribution in [0.1, 0.15) is 86.4 Å². The van der Waals surface area contributed by atoms with Crippen LogP contribution in [0.25, 0.3) is 0 Å². The molecular weight excluding hydrogens is 304 g/mol. The van der Waals surface area contributed by atoms with E-state index in [-0.39, 0.29) is 17.2 Å². The van der Waals surface area contributed by atoms with Crippen molar-refractivity contribution in [2.45, 2.75) is 71.8 Å². The van der Waals surface area contributed by atoms with Crippen LogP contribution in [0.2, 0.25) is 0 Å². The maximum absolute atomic E-state index is 12.4. The van der Waals surface area contributed by atoms with Crippen molar-refractivity contribution in [2.75, 3.05) is 6.61 Å². The Balaban J connectivity index is 2.64. The Bertz CT molecular complexity index is 510. The molecule has 0 radical (unpaired) electrons. The topological polar surface area (TPSA) is 52.6 Å². The van der Waals surface area contributed by atoms with Crippen molar-refractivity contribution in [1.82, 2.24) is 0 Å². The van der Waals surface area contributed by atoms with Gasteiger partial charge in [0.1, 0.15) is 0 Å². The average molecular weight is 334 g/mol. The first kappa shape index (κ1) is 20.2. The molecule has 4 heteroatoms. The van der Waals surface area contributed by atoms with E-state index in [4.69, 9.17) is 9.47 Å². The van der Waals surface area contributed by atoms with Gasteiger partial charge in [-0.3, -0.25) is 0 Å². The van der Waals surface area contributed by atoms with Gasteiger partial charge in [-0.05, 0) is 38.3 Å². The molecule has 4 nitrogen and oxygen atoms in total. The van der Waals surface area contributed by atoms with E-state index in [1.54, 1.807) is 24.3 Å². The van der Waals surface area contributed by atoms with Crippen molar-refractivity contribution in [1.29, 1.82) is 0 Å². The van der Waals surface area contributed by atoms with Gasteiger partial charge in [0.2, 0.25) is 0 Å². The number of hydrogen-bond acceptors (Lipinski definition) is 4. The van der Waals surface area contributed by atoms with Crippen molar-refractivity contribution < 1.29 is 19.1 Å². The van der Waals surface area contributed by atoms with Crippen LogP contribution >= 0.6 is 0 Å². The van der Waals surface area contributed by atoms with Gasteiger partial charge in [-0.1, -0.05) is 51.7 Å². The Morgan fingerprint density at radius 1 is 0.917 bits per heavy atom. The zero-order valence-electron chi connectivity index (χ0n) is 15.2. The molecule has 0 heterocycles. The number of carbonyl (C=O) groups is 2. The molecule has 0 fully saturated rings. The van der Waals surface area contributed by atoms with Crippen LogP contribution in [-0.4, -0.2) is 24.6 Å². The highest BCUT2D eigenvalue weighted by Crippen LogP contribution is 2.15. The zero-order chi connectivity index (χ0) is 17.8. The predicted octanol–water partition coefficient (Wildman–Crippen LogP) is 5.16. The van der Waals surface area contributed by atoms with E-state index in [0.717, 1.165) is 44.9 Å². The number of ether oxygens (including phenoxy) is 2. The summed E-state index contributed by atoms with van der Waals surface area (Å²) in [5.41, 5.74) is 0.556. The lowest BCUT2D eigenvalue weighted by Crippen LogP contribution is -2.18. The van der Waals surface area contributed by atoms with Gasteiger partial charge in [-0.25, -0.2) is 9.59 Å². The van der Waals surface area contributed by atoms with Crippen molar-refractivity contribution in [2.24, 2.45) is 0 Å². The lowest BCUT2D eigenvalue weighted by molar-refractivity contribution is 0.0307. The summed E-state index contributed by atoms with van der Waals surface area (Å²) in [6, 6.07) is 6.68. The first-order chi connectivity index (χ1) is 11.6. The third kappa shape index (κ3) is 7.16. The standard InChI is InChI=1S/C20H30O4/c1-4-6-8-12-16(3)24-20(22)18-14-10-9-13-17(18)19(21)23-15-11-7-5-2/h9-10,13-14,16H,4-8,11-12,15H2,1-3H3. The molecule has 0 spiro atoms. The average Bonchev–Trinajstić information content (AvgIpc) is 2.58. The molecule has 0 N–H and O–H groups in total. The molecule has 0 aliphatic heterocycles. The van der Waals surface area contributed by atoms with E-state index < -0.39 is 11.9 Å². The number of esters is 2. The highest BCUT2D eigenvalue weighted by molar-refractivity contribution is 6.03. The Morgan fingerprint density at radius 2 is 1.50 bits per heavy atom. The van der Waals surface area contributed by atoms with Gasteiger partial charge in [0.15, 0.2) is 0 Å². The highest BCUT2D eigenvalue weighted by atomic mass is 16.5. The fourth-order valence-corrected chi connectivity index (χ4v) is 2.42. The second-order valence-corrected chi connectivity index (χ2v) is 6.10. The first-order valence-corrected chi connectivity index (χ1v) is 9.07. The Kier molecular flexibility index (Phi) is 9.81. The summed E-state index contributed by atoms with van der Waals surface area (Å²) in [7, 11) is 0. The van der Waals surface area contributed by atoms with E-state index in [9.17, 15) is 9.59 Å². The van der Waals surface area contributed by atoms with Crippen LogP contribution < -0.4 is 0 Å². The Morgan fingerprint density at radius 3 is 2.12 bits per heavy atom. The third-order valence-corrected chi connectivity index (χ3v) is 3.87. The van der Waals surface area contributed by atoms with E-state index in [1.165, 1.54) is 0 Å². The maximum atomic E-state index is 12.4. The van der Waals surface area contributed by atoms with Gasteiger partial charge in [0, 0.05) is 0 Å². The summed E-state index contributed by atoms with van der Waals surface area (Å²) < 4.78 is 10.7. The van der Waals surface area contributed by atoms with E-state index in [1.807, 2.05) is 6.92 Å². The normalized spacial score (nSPS) is 11.8. The van der Waals surface area contributed by atoms with Crippen molar-refractivity contribution in [3.8, 4) is 0 Å². The summed E-state index contributed by atoms with van der Waals surface area (Å²) in [5.74, 6) is -0.919. The van der Waals surface area contributed by atoms with Crippen LogP contribution in [0.15, 0.2) is 24.3 Å². The Labute approximate surface area is 145 Å². The SMILES string of the molecule is CCCCCOC(=O)c1ccccc1C(=O)OC(C)CCCCC. The fraction of sp³-hybridized carbons (Fsp3) is 0.600. The van der Waals surface area contributed by atoms with Crippen LogP contribution in [-0.2, 0) is 9.47 Å². The Hall–Kier alpha value is -1.84. The monoisotopic (exact) mass is 334 g/mol. The van der Waals surface area contributed by atoms with Crippen LogP contribution in [0.4, 0.5) is 0 Å². The smallest absolute Gasteiger partial charge is 0.339 e. The molecule has 0 saturated heterocycles. The van der Waals surface area contributed by atoms with Crippen LogP contribution in [0.3, 0.4) is 0 Å². The molecule has 0 saturated carbocycles. The van der Waals surface area contributed by atoms with E-state index in [2.05, 4.69) is 13.8 Å². The number of benzene rings is 1. The highest BCUT2D eigenvalue weighted by Gasteiger charge is 2.20. The summed E-state index contributed by atoms with van der Waals surface area (Å²) >= 11 is 0.